The van der Waals surface area contributed by atoms with Crippen molar-refractivity contribution in [2.24, 2.45) is 0 Å². The molecule has 0 radical (unpaired) electrons. The minimum atomic E-state index is -0.799. The van der Waals surface area contributed by atoms with Crippen molar-refractivity contribution in [3.63, 3.8) is 0 Å². The van der Waals surface area contributed by atoms with Crippen molar-refractivity contribution in [1.29, 1.82) is 0 Å². The summed E-state index contributed by atoms with van der Waals surface area (Å²) in [4.78, 5) is 24.5. The lowest BCUT2D eigenvalue weighted by Gasteiger charge is -2.15. The molecule has 0 aliphatic carbocycles. The first kappa shape index (κ1) is 22.6. The first-order valence-electron chi connectivity index (χ1n) is 10.1. The van der Waals surface area contributed by atoms with Crippen LogP contribution in [0.4, 0.5) is 0 Å². The van der Waals surface area contributed by atoms with Crippen LogP contribution < -0.4 is 14.8 Å². The van der Waals surface area contributed by atoms with Crippen LogP contribution >= 0.6 is 0 Å². The highest BCUT2D eigenvalue weighted by molar-refractivity contribution is 5.94. The van der Waals surface area contributed by atoms with Gasteiger partial charge in [0.2, 0.25) is 5.91 Å². The molecule has 1 amide bonds. The predicted molar refractivity (Wildman–Crippen MR) is 123 cm³/mol. The van der Waals surface area contributed by atoms with Gasteiger partial charge in [0.25, 0.3) is 0 Å². The smallest absolute Gasteiger partial charge is 0.328 e. The van der Waals surface area contributed by atoms with E-state index in [1.807, 2.05) is 66.7 Å². The van der Waals surface area contributed by atoms with Crippen LogP contribution in [0.3, 0.4) is 0 Å². The number of ether oxygens (including phenoxy) is 3. The number of benzene rings is 3. The zero-order chi connectivity index (χ0) is 22.8. The van der Waals surface area contributed by atoms with E-state index in [1.165, 1.54) is 13.2 Å². The van der Waals surface area contributed by atoms with Crippen molar-refractivity contribution in [3.05, 3.63) is 96.1 Å². The zero-order valence-corrected chi connectivity index (χ0v) is 18.0. The Hall–Kier alpha value is -4.06. The first-order valence-corrected chi connectivity index (χ1v) is 10.1. The molecule has 3 rings (SSSR count). The van der Waals surface area contributed by atoms with Crippen LogP contribution in [0.2, 0.25) is 0 Å². The average Bonchev–Trinajstić information content (AvgIpc) is 2.84. The number of methoxy groups -OCH3 is 2. The topological polar surface area (TPSA) is 73.9 Å². The van der Waals surface area contributed by atoms with Gasteiger partial charge in [0.1, 0.15) is 23.3 Å². The Morgan fingerprint density at radius 2 is 1.47 bits per heavy atom. The van der Waals surface area contributed by atoms with Crippen molar-refractivity contribution in [2.75, 3.05) is 14.2 Å². The summed E-state index contributed by atoms with van der Waals surface area (Å²) >= 11 is 0. The maximum Gasteiger partial charge on any atom is 0.328 e. The fourth-order valence-corrected chi connectivity index (χ4v) is 3.00. The van der Waals surface area contributed by atoms with Crippen LogP contribution in [0, 0.1) is 0 Å². The summed E-state index contributed by atoms with van der Waals surface area (Å²) < 4.78 is 15.7. The molecule has 6 nitrogen and oxygen atoms in total. The molecule has 0 fully saturated rings. The second-order valence-corrected chi connectivity index (χ2v) is 6.95. The van der Waals surface area contributed by atoms with Crippen LogP contribution in [-0.2, 0) is 20.7 Å². The lowest BCUT2D eigenvalue weighted by Crippen LogP contribution is -2.42. The Morgan fingerprint density at radius 3 is 2.09 bits per heavy atom. The van der Waals surface area contributed by atoms with Crippen LogP contribution in [0.25, 0.3) is 6.08 Å². The molecule has 0 unspecified atom stereocenters. The van der Waals surface area contributed by atoms with Gasteiger partial charge < -0.3 is 19.5 Å². The highest BCUT2D eigenvalue weighted by Crippen LogP contribution is 2.21. The second-order valence-electron chi connectivity index (χ2n) is 6.95. The van der Waals surface area contributed by atoms with Gasteiger partial charge in [0.05, 0.1) is 14.2 Å². The largest absolute Gasteiger partial charge is 0.497 e. The Bertz CT molecular complexity index is 1040. The summed E-state index contributed by atoms with van der Waals surface area (Å²) in [7, 11) is 2.88. The van der Waals surface area contributed by atoms with Crippen LogP contribution in [0.15, 0.2) is 84.9 Å². The Kier molecular flexibility index (Phi) is 8.03. The zero-order valence-electron chi connectivity index (χ0n) is 18.0. The maximum atomic E-state index is 12.4. The van der Waals surface area contributed by atoms with E-state index in [1.54, 1.807) is 25.3 Å². The summed E-state index contributed by atoms with van der Waals surface area (Å²) in [5.41, 5.74) is 1.70. The molecule has 0 spiro atoms. The molecule has 0 saturated heterocycles. The van der Waals surface area contributed by atoms with Gasteiger partial charge in [-0.25, -0.2) is 4.79 Å². The van der Waals surface area contributed by atoms with Crippen molar-refractivity contribution in [3.8, 4) is 17.2 Å². The number of esters is 1. The van der Waals surface area contributed by atoms with Crippen LogP contribution in [-0.4, -0.2) is 32.1 Å². The van der Waals surface area contributed by atoms with Crippen molar-refractivity contribution in [2.45, 2.75) is 12.5 Å². The Balaban J connectivity index is 1.59. The number of carbonyl (C=O) groups excluding carboxylic acids is 2. The molecule has 0 bridgehead atoms. The third kappa shape index (κ3) is 6.74. The number of hydrogen-bond acceptors (Lipinski definition) is 5. The summed E-state index contributed by atoms with van der Waals surface area (Å²) in [5.74, 6) is 1.27. The number of hydrogen-bond donors (Lipinski definition) is 1. The summed E-state index contributed by atoms with van der Waals surface area (Å²) in [6, 6.07) is 23.3. The van der Waals surface area contributed by atoms with Crippen molar-refractivity contribution >= 4 is 18.0 Å². The number of nitrogens with one attached hydrogen (secondary N) is 1. The van der Waals surface area contributed by atoms with E-state index in [0.29, 0.717) is 12.2 Å². The first-order chi connectivity index (χ1) is 15.6. The van der Waals surface area contributed by atoms with E-state index in [9.17, 15) is 9.59 Å². The van der Waals surface area contributed by atoms with Gasteiger partial charge in [0.15, 0.2) is 0 Å². The van der Waals surface area contributed by atoms with Gasteiger partial charge in [-0.1, -0.05) is 42.5 Å². The molecule has 1 atom stereocenters. The molecule has 0 heterocycles. The standard InChI is InChI=1S/C26H25NO5/c1-30-21-13-10-20(11-14-21)18-24(26(29)31-2)27-25(28)17-12-19-8-15-23(16-9-19)32-22-6-4-3-5-7-22/h3-17,24H,18H2,1-2H3,(H,27,28)/t24-/m0/s1. The fraction of sp³-hybridized carbons (Fsp3) is 0.154. The normalized spacial score (nSPS) is 11.6. The van der Waals surface area contributed by atoms with E-state index in [-0.39, 0.29) is 0 Å². The summed E-state index contributed by atoms with van der Waals surface area (Å²) in [6.45, 7) is 0. The van der Waals surface area contributed by atoms with Crippen molar-refractivity contribution < 1.29 is 23.8 Å². The summed E-state index contributed by atoms with van der Waals surface area (Å²) in [5, 5.41) is 2.70. The van der Waals surface area contributed by atoms with Gasteiger partial charge in [-0.2, -0.15) is 0 Å². The number of rotatable bonds is 9. The monoisotopic (exact) mass is 431 g/mol. The van der Waals surface area contributed by atoms with E-state index >= 15 is 0 Å². The third-order valence-electron chi connectivity index (χ3n) is 4.69. The summed E-state index contributed by atoms with van der Waals surface area (Å²) in [6.07, 6.45) is 3.36. The lowest BCUT2D eigenvalue weighted by atomic mass is 10.1. The molecule has 3 aromatic rings. The molecular formula is C26H25NO5. The van der Waals surface area contributed by atoms with E-state index < -0.39 is 17.9 Å². The van der Waals surface area contributed by atoms with Crippen LogP contribution in [0.1, 0.15) is 11.1 Å². The second kappa shape index (κ2) is 11.4. The number of amides is 1. The highest BCUT2D eigenvalue weighted by atomic mass is 16.5. The van der Waals surface area contributed by atoms with E-state index in [4.69, 9.17) is 14.2 Å². The van der Waals surface area contributed by atoms with E-state index in [0.717, 1.165) is 22.6 Å². The molecule has 1 N–H and O–H groups in total. The molecule has 0 aromatic heterocycles. The molecule has 0 aliphatic rings. The van der Waals surface area contributed by atoms with Crippen LogP contribution in [0.5, 0.6) is 17.2 Å². The maximum absolute atomic E-state index is 12.4. The molecule has 164 valence electrons. The van der Waals surface area contributed by atoms with E-state index in [2.05, 4.69) is 5.32 Å². The minimum absolute atomic E-state index is 0.307. The third-order valence-corrected chi connectivity index (χ3v) is 4.69. The predicted octanol–water partition coefficient (Wildman–Crippen LogP) is 4.40. The molecule has 32 heavy (non-hydrogen) atoms. The van der Waals surface area contributed by atoms with Crippen molar-refractivity contribution in [1.82, 2.24) is 5.32 Å². The van der Waals surface area contributed by atoms with Gasteiger partial charge in [0, 0.05) is 12.5 Å². The minimum Gasteiger partial charge on any atom is -0.497 e. The Morgan fingerprint density at radius 1 is 0.844 bits per heavy atom. The van der Waals surface area contributed by atoms with Gasteiger partial charge in [-0.3, -0.25) is 4.79 Å². The molecular weight excluding hydrogens is 406 g/mol. The quantitative estimate of drug-likeness (QED) is 0.402. The van der Waals surface area contributed by atoms with Gasteiger partial charge >= 0.3 is 5.97 Å². The van der Waals surface area contributed by atoms with Gasteiger partial charge in [-0.15, -0.1) is 0 Å². The lowest BCUT2D eigenvalue weighted by molar-refractivity contribution is -0.144. The number of para-hydroxylation sites is 1. The average molecular weight is 431 g/mol. The van der Waals surface area contributed by atoms with Gasteiger partial charge in [-0.05, 0) is 53.6 Å². The molecule has 0 aliphatic heterocycles. The molecule has 6 heteroatoms. The highest BCUT2D eigenvalue weighted by Gasteiger charge is 2.21. The molecule has 3 aromatic carbocycles. The molecule has 0 saturated carbocycles. The number of carbonyl (C=O) groups is 2. The SMILES string of the molecule is COC(=O)[C@H](Cc1ccc(OC)cc1)NC(=O)C=Cc1ccc(Oc2ccccc2)cc1. The Labute approximate surface area is 187 Å². The fourth-order valence-electron chi connectivity index (χ4n) is 3.00.